The highest BCUT2D eigenvalue weighted by Crippen LogP contribution is 2.28. The first-order valence-corrected chi connectivity index (χ1v) is 6.54. The van der Waals surface area contributed by atoms with Crippen LogP contribution in [0.1, 0.15) is 20.8 Å². The highest BCUT2D eigenvalue weighted by atomic mass is 79.9. The predicted octanol–water partition coefficient (Wildman–Crippen LogP) is 2.12. The van der Waals surface area contributed by atoms with Gasteiger partial charge >= 0.3 is 5.97 Å². The molecule has 0 aromatic carbocycles. The number of hydrogen-bond donors (Lipinski definition) is 1. The molecule has 0 unspecified atom stereocenters. The summed E-state index contributed by atoms with van der Waals surface area (Å²) in [6.07, 6.45) is 3.12. The largest absolute Gasteiger partial charge is 0.459 e. The van der Waals surface area contributed by atoms with Gasteiger partial charge in [0, 0.05) is 10.7 Å². The lowest BCUT2D eigenvalue weighted by molar-refractivity contribution is -0.155. The van der Waals surface area contributed by atoms with Crippen molar-refractivity contribution in [1.82, 2.24) is 14.5 Å². The molecule has 102 valence electrons. The van der Waals surface area contributed by atoms with E-state index in [1.807, 2.05) is 20.8 Å². The van der Waals surface area contributed by atoms with Gasteiger partial charge in [-0.15, -0.1) is 0 Å². The van der Waals surface area contributed by atoms with Crippen LogP contribution in [-0.4, -0.2) is 26.1 Å². The number of nitrogens with two attached hydrogens (primary N) is 1. The van der Waals surface area contributed by atoms with Gasteiger partial charge in [-0.05, 0) is 36.7 Å². The van der Waals surface area contributed by atoms with E-state index in [0.717, 1.165) is 4.47 Å². The Labute approximate surface area is 119 Å². The Morgan fingerprint density at radius 2 is 2.16 bits per heavy atom. The van der Waals surface area contributed by atoms with Crippen LogP contribution in [0, 0.1) is 0 Å². The van der Waals surface area contributed by atoms with Gasteiger partial charge in [-0.1, -0.05) is 0 Å². The molecule has 2 aromatic rings. The van der Waals surface area contributed by atoms with Crippen LogP contribution >= 0.6 is 15.9 Å². The van der Waals surface area contributed by atoms with Crippen LogP contribution in [0.25, 0.3) is 11.0 Å². The normalized spacial score (nSPS) is 11.8. The van der Waals surface area contributed by atoms with Crippen LogP contribution in [0.4, 0.5) is 5.82 Å². The van der Waals surface area contributed by atoms with Gasteiger partial charge in [-0.25, -0.2) is 9.97 Å². The molecule has 0 aliphatic heterocycles. The van der Waals surface area contributed by atoms with E-state index in [9.17, 15) is 4.79 Å². The van der Waals surface area contributed by atoms with Gasteiger partial charge in [-0.2, -0.15) is 0 Å². The Balaban J connectivity index is 2.32. The van der Waals surface area contributed by atoms with Crippen molar-refractivity contribution in [3.8, 4) is 0 Å². The van der Waals surface area contributed by atoms with Crippen LogP contribution in [0.2, 0.25) is 0 Å². The second-order valence-corrected chi connectivity index (χ2v) is 6.00. The Bertz CT molecular complexity index is 630. The summed E-state index contributed by atoms with van der Waals surface area (Å²) in [5.74, 6) is 0.0499. The molecular formula is C12H15BrN4O2. The standard InChI is InChI=1S/C12H15BrN4O2/c1-12(2,3)19-8(18)5-17-4-7(13)9-10(14)15-6-16-11(9)17/h4,6H,5H2,1-3H3,(H2,14,15,16). The maximum absolute atomic E-state index is 11.8. The van der Waals surface area contributed by atoms with Crippen molar-refractivity contribution in [1.29, 1.82) is 0 Å². The molecule has 2 N–H and O–H groups in total. The van der Waals surface area contributed by atoms with Crippen molar-refractivity contribution in [2.24, 2.45) is 0 Å². The average Bonchev–Trinajstić information content (AvgIpc) is 2.54. The molecule has 7 heteroatoms. The molecule has 0 bridgehead atoms. The van der Waals surface area contributed by atoms with E-state index in [4.69, 9.17) is 10.5 Å². The number of nitrogens with zero attached hydrogens (tertiary/aromatic N) is 3. The van der Waals surface area contributed by atoms with E-state index in [2.05, 4.69) is 25.9 Å². The summed E-state index contributed by atoms with van der Waals surface area (Å²) in [6, 6.07) is 0. The molecule has 6 nitrogen and oxygen atoms in total. The van der Waals surface area contributed by atoms with Gasteiger partial charge in [0.05, 0.1) is 5.39 Å². The van der Waals surface area contributed by atoms with Crippen molar-refractivity contribution in [2.45, 2.75) is 32.9 Å². The molecule has 0 spiro atoms. The molecule has 19 heavy (non-hydrogen) atoms. The Kier molecular flexibility index (Phi) is 3.49. The number of fused-ring (bicyclic) bond motifs is 1. The zero-order valence-corrected chi connectivity index (χ0v) is 12.6. The first-order chi connectivity index (χ1) is 8.78. The number of hydrogen-bond acceptors (Lipinski definition) is 5. The van der Waals surface area contributed by atoms with Crippen LogP contribution in [-0.2, 0) is 16.1 Å². The molecule has 0 saturated carbocycles. The Morgan fingerprint density at radius 3 is 2.79 bits per heavy atom. The number of carbonyl (C=O) groups is 1. The van der Waals surface area contributed by atoms with Crippen molar-refractivity contribution >= 4 is 38.8 Å². The molecule has 0 aliphatic rings. The summed E-state index contributed by atoms with van der Waals surface area (Å²) in [7, 11) is 0. The third-order valence-corrected chi connectivity index (χ3v) is 2.96. The topological polar surface area (TPSA) is 83.0 Å². The lowest BCUT2D eigenvalue weighted by Crippen LogP contribution is -2.26. The minimum atomic E-state index is -0.509. The molecule has 0 atom stereocenters. The van der Waals surface area contributed by atoms with Crippen LogP contribution < -0.4 is 5.73 Å². The molecule has 0 aliphatic carbocycles. The van der Waals surface area contributed by atoms with E-state index < -0.39 is 5.60 Å². The maximum Gasteiger partial charge on any atom is 0.326 e. The first kappa shape index (κ1) is 13.8. The summed E-state index contributed by atoms with van der Waals surface area (Å²) in [5.41, 5.74) is 5.89. The number of halogens is 1. The summed E-state index contributed by atoms with van der Waals surface area (Å²) in [4.78, 5) is 19.9. The summed E-state index contributed by atoms with van der Waals surface area (Å²) in [6.45, 7) is 5.56. The average molecular weight is 327 g/mol. The Hall–Kier alpha value is -1.63. The van der Waals surface area contributed by atoms with Gasteiger partial charge in [0.25, 0.3) is 0 Å². The molecule has 0 radical (unpaired) electrons. The van der Waals surface area contributed by atoms with Gasteiger partial charge in [0.2, 0.25) is 0 Å². The van der Waals surface area contributed by atoms with E-state index >= 15 is 0 Å². The molecule has 0 fully saturated rings. The second-order valence-electron chi connectivity index (χ2n) is 5.15. The number of carbonyl (C=O) groups excluding carboxylic acids is 1. The molecular weight excluding hydrogens is 312 g/mol. The van der Waals surface area contributed by atoms with Crippen molar-refractivity contribution in [3.05, 3.63) is 17.0 Å². The molecule has 2 aromatic heterocycles. The summed E-state index contributed by atoms with van der Waals surface area (Å²) in [5, 5.41) is 0.700. The number of esters is 1. The van der Waals surface area contributed by atoms with E-state index in [1.165, 1.54) is 6.33 Å². The molecule has 2 rings (SSSR count). The van der Waals surface area contributed by atoms with Gasteiger partial charge in [0.1, 0.15) is 29.9 Å². The number of nitrogen functional groups attached to an aromatic ring is 1. The monoisotopic (exact) mass is 326 g/mol. The molecule has 0 saturated heterocycles. The summed E-state index contributed by atoms with van der Waals surface area (Å²) < 4.78 is 7.72. The summed E-state index contributed by atoms with van der Waals surface area (Å²) >= 11 is 3.39. The third-order valence-electron chi connectivity index (χ3n) is 2.36. The van der Waals surface area contributed by atoms with E-state index in [1.54, 1.807) is 10.8 Å². The lowest BCUT2D eigenvalue weighted by Gasteiger charge is -2.19. The number of rotatable bonds is 2. The minimum Gasteiger partial charge on any atom is -0.459 e. The fourth-order valence-electron chi connectivity index (χ4n) is 1.73. The quantitative estimate of drug-likeness (QED) is 0.854. The fraction of sp³-hybridized carbons (Fsp3) is 0.417. The van der Waals surface area contributed by atoms with Crippen molar-refractivity contribution < 1.29 is 9.53 Å². The third kappa shape index (κ3) is 3.04. The van der Waals surface area contributed by atoms with Crippen molar-refractivity contribution in [3.63, 3.8) is 0 Å². The van der Waals surface area contributed by atoms with Gasteiger partial charge in [-0.3, -0.25) is 4.79 Å². The van der Waals surface area contributed by atoms with Crippen LogP contribution in [0.5, 0.6) is 0 Å². The highest BCUT2D eigenvalue weighted by Gasteiger charge is 2.19. The van der Waals surface area contributed by atoms with Crippen LogP contribution in [0.3, 0.4) is 0 Å². The number of anilines is 1. The van der Waals surface area contributed by atoms with Crippen molar-refractivity contribution in [2.75, 3.05) is 5.73 Å². The smallest absolute Gasteiger partial charge is 0.326 e. The zero-order valence-electron chi connectivity index (χ0n) is 11.0. The Morgan fingerprint density at radius 1 is 1.47 bits per heavy atom. The number of ether oxygens (including phenoxy) is 1. The minimum absolute atomic E-state index is 0.0792. The van der Waals surface area contributed by atoms with Crippen LogP contribution in [0.15, 0.2) is 17.0 Å². The SMILES string of the molecule is CC(C)(C)OC(=O)Cn1cc(Br)c2c(N)ncnc21. The lowest BCUT2D eigenvalue weighted by atomic mass is 10.2. The zero-order chi connectivity index (χ0) is 14.2. The highest BCUT2D eigenvalue weighted by molar-refractivity contribution is 9.10. The maximum atomic E-state index is 11.8. The fourth-order valence-corrected chi connectivity index (χ4v) is 2.36. The molecule has 0 amide bonds. The predicted molar refractivity (Wildman–Crippen MR) is 75.5 cm³/mol. The van der Waals surface area contributed by atoms with Gasteiger partial charge in [0.15, 0.2) is 0 Å². The second kappa shape index (κ2) is 4.80. The first-order valence-electron chi connectivity index (χ1n) is 5.74. The number of aromatic nitrogens is 3. The van der Waals surface area contributed by atoms with Gasteiger partial charge < -0.3 is 15.0 Å². The van der Waals surface area contributed by atoms with E-state index in [0.29, 0.717) is 16.9 Å². The van der Waals surface area contributed by atoms with E-state index in [-0.39, 0.29) is 12.5 Å². The molecule has 2 heterocycles.